The molecule has 2 heterocycles. The van der Waals surface area contributed by atoms with Crippen molar-refractivity contribution in [3.05, 3.63) is 59.4 Å². The van der Waals surface area contributed by atoms with Crippen LogP contribution in [0.2, 0.25) is 0 Å². The number of benzene rings is 2. The quantitative estimate of drug-likeness (QED) is 0.907. The highest BCUT2D eigenvalue weighted by Crippen LogP contribution is 2.39. The Kier molecular flexibility index (Phi) is 4.56. The summed E-state index contributed by atoms with van der Waals surface area (Å²) in [5, 5.41) is 2.85. The molecule has 6 heteroatoms. The molecule has 4 rings (SSSR count). The second-order valence-corrected chi connectivity index (χ2v) is 7.11. The van der Waals surface area contributed by atoms with Gasteiger partial charge in [-0.1, -0.05) is 12.1 Å². The van der Waals surface area contributed by atoms with Gasteiger partial charge in [0, 0.05) is 25.7 Å². The van der Waals surface area contributed by atoms with Crippen molar-refractivity contribution < 1.29 is 14.0 Å². The topological polar surface area (TPSA) is 52.7 Å². The molecule has 140 valence electrons. The highest BCUT2D eigenvalue weighted by Gasteiger charge is 2.37. The zero-order chi connectivity index (χ0) is 19.0. The standard InChI is InChI=1S/C21H22FN3O2/c1-24-19-12-15(20(26)23-13-14-5-8-16(22)9-6-14)7-10-17(19)25-11-3-2-4-18(25)21(24)27/h5-10,12,18H,2-4,11,13H2,1H3,(H,23,26). The van der Waals surface area contributed by atoms with E-state index in [1.54, 1.807) is 36.2 Å². The van der Waals surface area contributed by atoms with Gasteiger partial charge in [0.05, 0.1) is 11.4 Å². The van der Waals surface area contributed by atoms with Gasteiger partial charge in [-0.2, -0.15) is 0 Å². The fraction of sp³-hybridized carbons (Fsp3) is 0.333. The van der Waals surface area contributed by atoms with E-state index in [4.69, 9.17) is 0 Å². The minimum atomic E-state index is -0.302. The first-order valence-electron chi connectivity index (χ1n) is 9.25. The van der Waals surface area contributed by atoms with Crippen molar-refractivity contribution >= 4 is 23.2 Å². The van der Waals surface area contributed by atoms with E-state index in [0.29, 0.717) is 12.1 Å². The van der Waals surface area contributed by atoms with Crippen molar-refractivity contribution in [2.45, 2.75) is 31.8 Å². The van der Waals surface area contributed by atoms with Crippen molar-refractivity contribution in [3.63, 3.8) is 0 Å². The zero-order valence-electron chi connectivity index (χ0n) is 15.2. The number of piperidine rings is 1. The lowest BCUT2D eigenvalue weighted by molar-refractivity contribution is -0.120. The fourth-order valence-corrected chi connectivity index (χ4v) is 3.88. The number of halogens is 1. The van der Waals surface area contributed by atoms with Crippen molar-refractivity contribution in [2.75, 3.05) is 23.4 Å². The number of carbonyl (C=O) groups is 2. The Hall–Kier alpha value is -2.89. The molecule has 1 unspecified atom stereocenters. The molecule has 0 aliphatic carbocycles. The minimum Gasteiger partial charge on any atom is -0.358 e. The molecule has 27 heavy (non-hydrogen) atoms. The maximum absolute atomic E-state index is 13.0. The Bertz CT molecular complexity index is 881. The molecule has 1 saturated heterocycles. The van der Waals surface area contributed by atoms with Crippen LogP contribution in [0.4, 0.5) is 15.8 Å². The second kappa shape index (κ2) is 7.02. The molecule has 2 aromatic rings. The average molecular weight is 367 g/mol. The summed E-state index contributed by atoms with van der Waals surface area (Å²) >= 11 is 0. The first-order valence-corrected chi connectivity index (χ1v) is 9.25. The summed E-state index contributed by atoms with van der Waals surface area (Å²) in [5.41, 5.74) is 3.11. The third kappa shape index (κ3) is 3.27. The Morgan fingerprint density at radius 3 is 2.70 bits per heavy atom. The maximum Gasteiger partial charge on any atom is 0.251 e. The number of likely N-dealkylation sites (N-methyl/N-ethyl adjacent to an activating group) is 1. The molecule has 0 saturated carbocycles. The van der Waals surface area contributed by atoms with Gasteiger partial charge in [0.25, 0.3) is 5.91 Å². The van der Waals surface area contributed by atoms with E-state index >= 15 is 0 Å². The predicted octanol–water partition coefficient (Wildman–Crippen LogP) is 3.09. The van der Waals surface area contributed by atoms with E-state index in [-0.39, 0.29) is 23.7 Å². The van der Waals surface area contributed by atoms with E-state index in [2.05, 4.69) is 10.2 Å². The Labute approximate surface area is 157 Å². The van der Waals surface area contributed by atoms with Crippen molar-refractivity contribution in [1.82, 2.24) is 5.32 Å². The molecule has 5 nitrogen and oxygen atoms in total. The highest BCUT2D eigenvalue weighted by atomic mass is 19.1. The Morgan fingerprint density at radius 1 is 1.15 bits per heavy atom. The van der Waals surface area contributed by atoms with Gasteiger partial charge in [-0.25, -0.2) is 4.39 Å². The van der Waals surface area contributed by atoms with Gasteiger partial charge in [-0.05, 0) is 55.2 Å². The van der Waals surface area contributed by atoms with Crippen LogP contribution in [0.15, 0.2) is 42.5 Å². The van der Waals surface area contributed by atoms with Gasteiger partial charge in [-0.15, -0.1) is 0 Å². The van der Waals surface area contributed by atoms with Gasteiger partial charge in [-0.3, -0.25) is 9.59 Å². The number of anilines is 2. The summed E-state index contributed by atoms with van der Waals surface area (Å²) in [5.74, 6) is -0.432. The lowest BCUT2D eigenvalue weighted by atomic mass is 9.96. The summed E-state index contributed by atoms with van der Waals surface area (Å²) in [6.07, 6.45) is 3.02. The molecule has 1 N–H and O–H groups in total. The number of nitrogens with one attached hydrogen (secondary N) is 1. The van der Waals surface area contributed by atoms with E-state index < -0.39 is 0 Å². The second-order valence-electron chi connectivity index (χ2n) is 7.11. The van der Waals surface area contributed by atoms with Crippen LogP contribution in [0.1, 0.15) is 35.2 Å². The fourth-order valence-electron chi connectivity index (χ4n) is 3.88. The first kappa shape index (κ1) is 17.5. The molecule has 1 fully saturated rings. The summed E-state index contributed by atoms with van der Waals surface area (Å²) in [6.45, 7) is 1.19. The largest absolute Gasteiger partial charge is 0.358 e. The lowest BCUT2D eigenvalue weighted by Crippen LogP contribution is -2.54. The summed E-state index contributed by atoms with van der Waals surface area (Å²) in [6, 6.07) is 11.5. The predicted molar refractivity (Wildman–Crippen MR) is 102 cm³/mol. The number of hydrogen-bond donors (Lipinski definition) is 1. The van der Waals surface area contributed by atoms with Gasteiger partial charge in [0.1, 0.15) is 11.9 Å². The third-order valence-corrected chi connectivity index (χ3v) is 5.39. The monoisotopic (exact) mass is 367 g/mol. The lowest BCUT2D eigenvalue weighted by Gasteiger charge is -2.44. The van der Waals surface area contributed by atoms with Crippen LogP contribution < -0.4 is 15.1 Å². The third-order valence-electron chi connectivity index (χ3n) is 5.39. The molecule has 2 aromatic carbocycles. The molecule has 2 aliphatic heterocycles. The molecular formula is C21H22FN3O2. The molecule has 0 radical (unpaired) electrons. The molecular weight excluding hydrogens is 345 g/mol. The van der Waals surface area contributed by atoms with Crippen molar-refractivity contribution in [2.24, 2.45) is 0 Å². The SMILES string of the molecule is CN1C(=O)C2CCCCN2c2ccc(C(=O)NCc3ccc(F)cc3)cc21. The number of carbonyl (C=O) groups excluding carboxylic acids is 2. The van der Waals surface area contributed by atoms with Crippen LogP contribution in [-0.4, -0.2) is 31.4 Å². The molecule has 0 bridgehead atoms. The van der Waals surface area contributed by atoms with Crippen molar-refractivity contribution in [3.8, 4) is 0 Å². The zero-order valence-corrected chi connectivity index (χ0v) is 15.2. The number of fused-ring (bicyclic) bond motifs is 3. The molecule has 2 amide bonds. The van der Waals surface area contributed by atoms with Crippen LogP contribution in [-0.2, 0) is 11.3 Å². The van der Waals surface area contributed by atoms with Crippen LogP contribution in [0.3, 0.4) is 0 Å². The minimum absolute atomic E-state index is 0.0885. The summed E-state index contributed by atoms with van der Waals surface area (Å²) in [7, 11) is 1.77. The van der Waals surface area contributed by atoms with Crippen LogP contribution in [0, 0.1) is 5.82 Å². The summed E-state index contributed by atoms with van der Waals surface area (Å²) < 4.78 is 13.0. The highest BCUT2D eigenvalue weighted by molar-refractivity contribution is 6.07. The van der Waals surface area contributed by atoms with Gasteiger partial charge in [0.15, 0.2) is 0 Å². The van der Waals surface area contributed by atoms with Crippen molar-refractivity contribution in [1.29, 1.82) is 0 Å². The maximum atomic E-state index is 13.0. The average Bonchev–Trinajstić information content (AvgIpc) is 2.71. The molecule has 0 aromatic heterocycles. The van der Waals surface area contributed by atoms with E-state index in [9.17, 15) is 14.0 Å². The van der Waals surface area contributed by atoms with Crippen LogP contribution in [0.5, 0.6) is 0 Å². The number of rotatable bonds is 3. The van der Waals surface area contributed by atoms with E-state index in [1.807, 2.05) is 6.07 Å². The smallest absolute Gasteiger partial charge is 0.251 e. The van der Waals surface area contributed by atoms with Gasteiger partial charge < -0.3 is 15.1 Å². The van der Waals surface area contributed by atoms with E-state index in [0.717, 1.165) is 42.7 Å². The van der Waals surface area contributed by atoms with Gasteiger partial charge in [0.2, 0.25) is 5.91 Å². The molecule has 2 aliphatic rings. The Morgan fingerprint density at radius 2 is 1.93 bits per heavy atom. The summed E-state index contributed by atoms with van der Waals surface area (Å²) in [4.78, 5) is 29.1. The van der Waals surface area contributed by atoms with Gasteiger partial charge >= 0.3 is 0 Å². The number of amides is 2. The number of nitrogens with zero attached hydrogens (tertiary/aromatic N) is 2. The van der Waals surface area contributed by atoms with Crippen LogP contribution >= 0.6 is 0 Å². The number of hydrogen-bond acceptors (Lipinski definition) is 3. The Balaban J connectivity index is 1.54. The first-order chi connectivity index (χ1) is 13.0. The molecule has 0 spiro atoms. The van der Waals surface area contributed by atoms with E-state index in [1.165, 1.54) is 12.1 Å². The normalized spacial score (nSPS) is 18.7. The van der Waals surface area contributed by atoms with Crippen LogP contribution in [0.25, 0.3) is 0 Å². The molecule has 1 atom stereocenters.